The van der Waals surface area contributed by atoms with Gasteiger partial charge in [0.25, 0.3) is 0 Å². The maximum absolute atomic E-state index is 14.8. The van der Waals surface area contributed by atoms with Gasteiger partial charge >= 0.3 is 0 Å². The molecule has 5 rings (SSSR count). The Labute approximate surface area is 165 Å². The number of hydrogen-bond acceptors (Lipinski definition) is 2. The third kappa shape index (κ3) is 2.95. The lowest BCUT2D eigenvalue weighted by molar-refractivity contribution is -0.117. The van der Waals surface area contributed by atoms with Crippen LogP contribution in [0, 0.1) is 11.7 Å². The highest BCUT2D eigenvalue weighted by Gasteiger charge is 2.60. The van der Waals surface area contributed by atoms with Crippen molar-refractivity contribution in [3.8, 4) is 0 Å². The first kappa shape index (κ1) is 18.5. The van der Waals surface area contributed by atoms with E-state index in [-0.39, 0.29) is 35.5 Å². The molecular formula is C22H24ClFN2O. The van der Waals surface area contributed by atoms with E-state index in [1.54, 1.807) is 6.07 Å². The molecule has 2 aromatic carbocycles. The molecule has 2 aliphatic carbocycles. The van der Waals surface area contributed by atoms with Gasteiger partial charge in [0.05, 0.1) is 5.69 Å². The molecule has 3 nitrogen and oxygen atoms in total. The lowest BCUT2D eigenvalue weighted by atomic mass is 9.78. The predicted molar refractivity (Wildman–Crippen MR) is 107 cm³/mol. The molecule has 27 heavy (non-hydrogen) atoms. The van der Waals surface area contributed by atoms with Gasteiger partial charge < -0.3 is 10.6 Å². The highest BCUT2D eigenvalue weighted by molar-refractivity contribution is 5.96. The Balaban J connectivity index is 0.00000180. The second-order valence-electron chi connectivity index (χ2n) is 7.90. The lowest BCUT2D eigenvalue weighted by Gasteiger charge is -2.26. The predicted octanol–water partition coefficient (Wildman–Crippen LogP) is 4.13. The Morgan fingerprint density at radius 3 is 2.89 bits per heavy atom. The maximum Gasteiger partial charge on any atom is 0.228 e. The maximum atomic E-state index is 14.8. The molecule has 2 atom stereocenters. The molecule has 3 aliphatic rings. The third-order valence-corrected chi connectivity index (χ3v) is 6.48. The van der Waals surface area contributed by atoms with Crippen LogP contribution in [0.3, 0.4) is 0 Å². The molecule has 1 saturated carbocycles. The number of carbonyl (C=O) groups excluding carboxylic acids is 1. The van der Waals surface area contributed by atoms with E-state index in [9.17, 15) is 9.18 Å². The zero-order valence-electron chi connectivity index (χ0n) is 15.2. The lowest BCUT2D eigenvalue weighted by Crippen LogP contribution is -2.27. The van der Waals surface area contributed by atoms with Gasteiger partial charge in [-0.25, -0.2) is 4.39 Å². The van der Waals surface area contributed by atoms with Crippen LogP contribution in [-0.4, -0.2) is 12.5 Å². The smallest absolute Gasteiger partial charge is 0.228 e. The van der Waals surface area contributed by atoms with Crippen molar-refractivity contribution in [1.82, 2.24) is 5.32 Å². The summed E-state index contributed by atoms with van der Waals surface area (Å²) >= 11 is 0. The van der Waals surface area contributed by atoms with E-state index in [0.717, 1.165) is 43.4 Å². The molecule has 2 N–H and O–H groups in total. The molecule has 1 aliphatic heterocycles. The fraction of sp³-hybridized carbons (Fsp3) is 0.409. The van der Waals surface area contributed by atoms with Crippen LogP contribution in [0.5, 0.6) is 0 Å². The van der Waals surface area contributed by atoms with E-state index in [2.05, 4.69) is 34.9 Å². The Morgan fingerprint density at radius 2 is 2.00 bits per heavy atom. The van der Waals surface area contributed by atoms with Crippen molar-refractivity contribution in [2.75, 3.05) is 11.9 Å². The van der Waals surface area contributed by atoms with Crippen LogP contribution < -0.4 is 10.6 Å². The second kappa shape index (κ2) is 6.92. The molecule has 142 valence electrons. The van der Waals surface area contributed by atoms with Gasteiger partial charge in [0, 0.05) is 17.9 Å². The molecule has 0 aromatic heterocycles. The molecule has 1 amide bonds. The quantitative estimate of drug-likeness (QED) is 0.814. The third-order valence-electron chi connectivity index (χ3n) is 6.48. The van der Waals surface area contributed by atoms with Crippen LogP contribution in [0.4, 0.5) is 10.1 Å². The number of aryl methyl sites for hydroxylation is 1. The molecule has 2 unspecified atom stereocenters. The van der Waals surface area contributed by atoms with E-state index in [0.29, 0.717) is 18.7 Å². The molecule has 1 fully saturated rings. The van der Waals surface area contributed by atoms with Crippen LogP contribution in [0.2, 0.25) is 0 Å². The van der Waals surface area contributed by atoms with E-state index in [1.807, 2.05) is 6.07 Å². The number of benzene rings is 2. The minimum Gasteiger partial charge on any atom is -0.323 e. The van der Waals surface area contributed by atoms with Crippen LogP contribution >= 0.6 is 12.4 Å². The van der Waals surface area contributed by atoms with Crippen molar-refractivity contribution in [2.24, 2.45) is 5.92 Å². The number of fused-ring (bicyclic) bond motifs is 3. The van der Waals surface area contributed by atoms with Crippen LogP contribution in [0.15, 0.2) is 36.4 Å². The molecule has 1 spiro atoms. The molecular weight excluding hydrogens is 363 g/mol. The Kier molecular flexibility index (Phi) is 4.73. The Bertz CT molecular complexity index is 900. The first-order valence-electron chi connectivity index (χ1n) is 9.59. The minimum absolute atomic E-state index is 0. The number of carbonyl (C=O) groups is 1. The highest BCUT2D eigenvalue weighted by atomic mass is 35.5. The molecule has 2 aromatic rings. The second-order valence-corrected chi connectivity index (χ2v) is 7.90. The van der Waals surface area contributed by atoms with Crippen molar-refractivity contribution >= 4 is 24.0 Å². The average molecular weight is 387 g/mol. The fourth-order valence-electron chi connectivity index (χ4n) is 5.03. The van der Waals surface area contributed by atoms with Gasteiger partial charge in [-0.1, -0.05) is 30.3 Å². The van der Waals surface area contributed by atoms with Gasteiger partial charge in [-0.15, -0.1) is 12.4 Å². The molecule has 0 bridgehead atoms. The zero-order valence-corrected chi connectivity index (χ0v) is 16.0. The summed E-state index contributed by atoms with van der Waals surface area (Å²) in [6, 6.07) is 12.1. The average Bonchev–Trinajstić information content (AvgIpc) is 3.39. The largest absolute Gasteiger partial charge is 0.323 e. The summed E-state index contributed by atoms with van der Waals surface area (Å²) in [6.07, 6.45) is 4.83. The van der Waals surface area contributed by atoms with Crippen molar-refractivity contribution in [3.05, 3.63) is 64.5 Å². The van der Waals surface area contributed by atoms with Crippen molar-refractivity contribution in [3.63, 3.8) is 0 Å². The van der Waals surface area contributed by atoms with E-state index in [1.165, 1.54) is 11.1 Å². The number of halogens is 2. The summed E-state index contributed by atoms with van der Waals surface area (Å²) in [7, 11) is 0. The van der Waals surface area contributed by atoms with Gasteiger partial charge in [-0.2, -0.15) is 0 Å². The normalized spacial score (nSPS) is 25.1. The highest BCUT2D eigenvalue weighted by Crippen LogP contribution is 2.60. The number of nitrogens with one attached hydrogen (secondary N) is 2. The number of anilines is 1. The van der Waals surface area contributed by atoms with E-state index in [4.69, 9.17) is 0 Å². The van der Waals surface area contributed by atoms with Gasteiger partial charge in [-0.05, 0) is 67.0 Å². The van der Waals surface area contributed by atoms with Crippen LogP contribution in [-0.2, 0) is 29.6 Å². The zero-order chi connectivity index (χ0) is 17.7. The van der Waals surface area contributed by atoms with Gasteiger partial charge in [-0.3, -0.25) is 4.79 Å². The van der Waals surface area contributed by atoms with Gasteiger partial charge in [0.2, 0.25) is 5.91 Å². The van der Waals surface area contributed by atoms with E-state index < -0.39 is 0 Å². The fourth-order valence-corrected chi connectivity index (χ4v) is 5.03. The van der Waals surface area contributed by atoms with Gasteiger partial charge in [0.15, 0.2) is 0 Å². The number of hydrogen-bond donors (Lipinski definition) is 2. The van der Waals surface area contributed by atoms with Crippen molar-refractivity contribution in [2.45, 2.75) is 44.1 Å². The van der Waals surface area contributed by atoms with Crippen molar-refractivity contribution in [1.29, 1.82) is 0 Å². The first-order valence-corrected chi connectivity index (χ1v) is 9.59. The topological polar surface area (TPSA) is 41.1 Å². The number of rotatable bonds is 2. The Hall–Kier alpha value is -1.91. The standard InChI is InChI=1S/C22H23FN2O.ClH/c23-20-16-9-11-24-13-15(16)7-8-19(20)25-21(26)18-12-22(18)10-3-5-14-4-1-2-6-17(14)22;/h1-2,4,6-8,18,24H,3,5,9-13H2,(H,25,26);1H. The summed E-state index contributed by atoms with van der Waals surface area (Å²) in [5, 5.41) is 6.14. The Morgan fingerprint density at radius 1 is 1.15 bits per heavy atom. The molecule has 1 heterocycles. The monoisotopic (exact) mass is 386 g/mol. The summed E-state index contributed by atoms with van der Waals surface area (Å²) in [5.41, 5.74) is 4.77. The van der Waals surface area contributed by atoms with Crippen molar-refractivity contribution < 1.29 is 9.18 Å². The summed E-state index contributed by atoms with van der Waals surface area (Å²) < 4.78 is 14.8. The first-order chi connectivity index (χ1) is 12.7. The molecule has 0 saturated heterocycles. The summed E-state index contributed by atoms with van der Waals surface area (Å²) in [5.74, 6) is -0.327. The van der Waals surface area contributed by atoms with Crippen LogP contribution in [0.1, 0.15) is 41.5 Å². The molecule has 0 radical (unpaired) electrons. The SMILES string of the molecule is Cl.O=C(Nc1ccc2c(c1F)CCNC2)C1CC12CCCc1ccccc12. The summed E-state index contributed by atoms with van der Waals surface area (Å²) in [6.45, 7) is 1.48. The number of amides is 1. The molecule has 5 heteroatoms. The summed E-state index contributed by atoms with van der Waals surface area (Å²) in [4.78, 5) is 12.9. The minimum atomic E-state index is -0.254. The van der Waals surface area contributed by atoms with Crippen LogP contribution in [0.25, 0.3) is 0 Å². The van der Waals surface area contributed by atoms with E-state index >= 15 is 0 Å². The van der Waals surface area contributed by atoms with Gasteiger partial charge in [0.1, 0.15) is 5.82 Å².